The summed E-state index contributed by atoms with van der Waals surface area (Å²) in [7, 11) is 0. The lowest BCUT2D eigenvalue weighted by molar-refractivity contribution is 0.252. The van der Waals surface area contributed by atoms with Crippen LogP contribution in [-0.4, -0.2) is 22.8 Å². The molecule has 1 heterocycles. The minimum absolute atomic E-state index is 0.184. The van der Waals surface area contributed by atoms with Gasteiger partial charge in [0.05, 0.1) is 16.4 Å². The Morgan fingerprint density at radius 1 is 1.43 bits per heavy atom. The van der Waals surface area contributed by atoms with E-state index in [1.165, 1.54) is 0 Å². The number of carbonyl (C=O) groups excluding carboxylic acids is 1. The largest absolute Gasteiger partial charge is 0.381 e. The zero-order chi connectivity index (χ0) is 16.8. The molecule has 0 saturated heterocycles. The lowest BCUT2D eigenvalue weighted by atomic mass is 10.1. The van der Waals surface area contributed by atoms with Crippen LogP contribution < -0.4 is 16.4 Å². The number of amides is 2. The highest BCUT2D eigenvalue weighted by Gasteiger charge is 2.10. The number of urea groups is 1. The van der Waals surface area contributed by atoms with Crippen molar-refractivity contribution in [2.75, 3.05) is 17.6 Å². The third kappa shape index (κ3) is 4.52. The van der Waals surface area contributed by atoms with E-state index in [4.69, 9.17) is 34.2 Å². The summed E-state index contributed by atoms with van der Waals surface area (Å²) in [6.45, 7) is 0.411. The summed E-state index contributed by atoms with van der Waals surface area (Å²) in [6.07, 6.45) is 1.16. The number of rotatable bonds is 5. The van der Waals surface area contributed by atoms with Crippen LogP contribution in [0, 0.1) is 11.3 Å². The minimum Gasteiger partial charge on any atom is -0.381 e. The van der Waals surface area contributed by atoms with Crippen molar-refractivity contribution >= 4 is 40.7 Å². The Kier molecular flexibility index (Phi) is 5.68. The van der Waals surface area contributed by atoms with E-state index >= 15 is 0 Å². The highest BCUT2D eigenvalue weighted by Crippen LogP contribution is 2.25. The third-order valence-corrected chi connectivity index (χ3v) is 3.61. The lowest BCUT2D eigenvalue weighted by Crippen LogP contribution is -2.29. The van der Waals surface area contributed by atoms with Gasteiger partial charge in [-0.25, -0.2) is 4.79 Å². The van der Waals surface area contributed by atoms with Crippen molar-refractivity contribution < 1.29 is 4.79 Å². The molecule has 0 unspecified atom stereocenters. The molecule has 120 valence electrons. The molecule has 7 nitrogen and oxygen atoms in total. The van der Waals surface area contributed by atoms with Crippen LogP contribution in [0.5, 0.6) is 0 Å². The molecule has 0 radical (unpaired) electrons. The summed E-state index contributed by atoms with van der Waals surface area (Å²) in [5.74, 6) is 0.184. The van der Waals surface area contributed by atoms with Gasteiger partial charge in [-0.15, -0.1) is 0 Å². The summed E-state index contributed by atoms with van der Waals surface area (Å²) in [5.41, 5.74) is 6.99. The highest BCUT2D eigenvalue weighted by atomic mass is 35.5. The van der Waals surface area contributed by atoms with Gasteiger partial charge in [-0.2, -0.15) is 10.4 Å². The number of aryl methyl sites for hydroxylation is 1. The molecule has 0 aliphatic heterocycles. The summed E-state index contributed by atoms with van der Waals surface area (Å²) in [6, 6.07) is 6.41. The fourth-order valence-corrected chi connectivity index (χ4v) is 2.26. The smallest absolute Gasteiger partial charge is 0.319 e. The van der Waals surface area contributed by atoms with E-state index in [9.17, 15) is 4.79 Å². The van der Waals surface area contributed by atoms with E-state index < -0.39 is 6.03 Å². The quantitative estimate of drug-likeness (QED) is 0.618. The molecule has 0 aliphatic rings. The molecule has 2 amide bonds. The van der Waals surface area contributed by atoms with Gasteiger partial charge in [0.2, 0.25) is 0 Å². The van der Waals surface area contributed by atoms with Crippen molar-refractivity contribution in [3.63, 3.8) is 0 Å². The number of nitrogen functional groups attached to an aromatic ring is 1. The summed E-state index contributed by atoms with van der Waals surface area (Å²) in [4.78, 5) is 11.8. The highest BCUT2D eigenvalue weighted by molar-refractivity contribution is 6.35. The maximum absolute atomic E-state index is 11.8. The number of nitrogens with zero attached hydrogens (tertiary/aromatic N) is 2. The van der Waals surface area contributed by atoms with Crippen molar-refractivity contribution in [1.29, 1.82) is 5.26 Å². The zero-order valence-electron chi connectivity index (χ0n) is 12.0. The van der Waals surface area contributed by atoms with E-state index in [0.717, 1.165) is 0 Å². The Bertz CT molecular complexity index is 752. The first-order chi connectivity index (χ1) is 11.0. The molecule has 0 spiro atoms. The second kappa shape index (κ2) is 7.72. The molecule has 0 atom stereocenters. The SMILES string of the molecule is N#Cc1c(N)n[nH]c1CCCNC(=O)Nc1cc(Cl)ccc1Cl. The van der Waals surface area contributed by atoms with Gasteiger partial charge in [0, 0.05) is 11.6 Å². The average molecular weight is 353 g/mol. The number of aromatic amines is 1. The monoisotopic (exact) mass is 352 g/mol. The first kappa shape index (κ1) is 16.9. The topological polar surface area (TPSA) is 120 Å². The summed E-state index contributed by atoms with van der Waals surface area (Å²) in [5, 5.41) is 21.6. The van der Waals surface area contributed by atoms with Crippen LogP contribution in [0.15, 0.2) is 18.2 Å². The fraction of sp³-hybridized carbons (Fsp3) is 0.214. The van der Waals surface area contributed by atoms with Gasteiger partial charge < -0.3 is 16.4 Å². The Morgan fingerprint density at radius 2 is 2.22 bits per heavy atom. The van der Waals surface area contributed by atoms with Crippen LogP contribution in [0.1, 0.15) is 17.7 Å². The number of carbonyl (C=O) groups is 1. The van der Waals surface area contributed by atoms with Gasteiger partial charge in [-0.1, -0.05) is 23.2 Å². The molecule has 0 saturated carbocycles. The van der Waals surface area contributed by atoms with Crippen LogP contribution in [0.4, 0.5) is 16.3 Å². The van der Waals surface area contributed by atoms with Gasteiger partial charge in [0.15, 0.2) is 5.82 Å². The number of nitrogens with two attached hydrogens (primary N) is 1. The van der Waals surface area contributed by atoms with E-state index in [2.05, 4.69) is 20.8 Å². The molecule has 1 aromatic carbocycles. The fourth-order valence-electron chi connectivity index (χ4n) is 1.93. The van der Waals surface area contributed by atoms with Crippen molar-refractivity contribution in [2.24, 2.45) is 0 Å². The Hall–Kier alpha value is -2.43. The molecule has 0 aliphatic carbocycles. The number of nitriles is 1. The van der Waals surface area contributed by atoms with Crippen LogP contribution in [0.3, 0.4) is 0 Å². The summed E-state index contributed by atoms with van der Waals surface area (Å²) >= 11 is 11.8. The van der Waals surface area contributed by atoms with E-state index in [1.807, 2.05) is 6.07 Å². The number of H-pyrrole nitrogens is 1. The Labute approximate surface area is 142 Å². The van der Waals surface area contributed by atoms with Gasteiger partial charge in [-0.05, 0) is 31.0 Å². The van der Waals surface area contributed by atoms with Crippen molar-refractivity contribution in [2.45, 2.75) is 12.8 Å². The maximum atomic E-state index is 11.8. The molecule has 0 fully saturated rings. The van der Waals surface area contributed by atoms with Crippen molar-refractivity contribution in [3.8, 4) is 6.07 Å². The van der Waals surface area contributed by atoms with Gasteiger partial charge in [0.1, 0.15) is 11.6 Å². The third-order valence-electron chi connectivity index (χ3n) is 3.05. The molecule has 9 heteroatoms. The number of nitrogens with one attached hydrogen (secondary N) is 3. The predicted molar refractivity (Wildman–Crippen MR) is 89.5 cm³/mol. The molecular formula is C14H14Cl2N6O. The van der Waals surface area contributed by atoms with E-state index in [0.29, 0.717) is 46.4 Å². The molecule has 2 aromatic rings. The number of halogens is 2. The van der Waals surface area contributed by atoms with Gasteiger partial charge in [0.25, 0.3) is 0 Å². The second-order valence-corrected chi connectivity index (χ2v) is 5.53. The Balaban J connectivity index is 1.79. The van der Waals surface area contributed by atoms with Gasteiger partial charge in [-0.3, -0.25) is 5.10 Å². The molecule has 2 rings (SSSR count). The summed E-state index contributed by atoms with van der Waals surface area (Å²) < 4.78 is 0. The molecular weight excluding hydrogens is 339 g/mol. The number of benzene rings is 1. The molecule has 5 N–H and O–H groups in total. The minimum atomic E-state index is -0.390. The number of anilines is 2. The van der Waals surface area contributed by atoms with E-state index in [1.54, 1.807) is 18.2 Å². The standard InChI is InChI=1S/C14H14Cl2N6O/c15-8-3-4-10(16)12(6-8)20-14(23)19-5-1-2-11-9(7-17)13(18)22-21-11/h3-4,6H,1-2,5H2,(H3,18,21,22)(H2,19,20,23). The predicted octanol–water partition coefficient (Wildman–Crippen LogP) is 2.92. The number of hydrogen-bond donors (Lipinski definition) is 4. The normalized spacial score (nSPS) is 10.1. The zero-order valence-corrected chi connectivity index (χ0v) is 13.5. The first-order valence-corrected chi connectivity index (χ1v) is 7.49. The van der Waals surface area contributed by atoms with Gasteiger partial charge >= 0.3 is 6.03 Å². The van der Waals surface area contributed by atoms with Crippen LogP contribution in [0.25, 0.3) is 0 Å². The second-order valence-electron chi connectivity index (χ2n) is 4.68. The number of aromatic nitrogens is 2. The van der Waals surface area contributed by atoms with E-state index in [-0.39, 0.29) is 5.82 Å². The number of hydrogen-bond acceptors (Lipinski definition) is 4. The first-order valence-electron chi connectivity index (χ1n) is 6.74. The van der Waals surface area contributed by atoms with Crippen molar-refractivity contribution in [3.05, 3.63) is 39.5 Å². The lowest BCUT2D eigenvalue weighted by Gasteiger charge is -2.09. The Morgan fingerprint density at radius 3 is 2.96 bits per heavy atom. The maximum Gasteiger partial charge on any atom is 0.319 e. The van der Waals surface area contributed by atoms with Crippen LogP contribution in [0.2, 0.25) is 10.0 Å². The molecule has 0 bridgehead atoms. The average Bonchev–Trinajstić information content (AvgIpc) is 2.87. The van der Waals surface area contributed by atoms with Crippen LogP contribution in [-0.2, 0) is 6.42 Å². The van der Waals surface area contributed by atoms with Crippen molar-refractivity contribution in [1.82, 2.24) is 15.5 Å². The van der Waals surface area contributed by atoms with Crippen LogP contribution >= 0.6 is 23.2 Å². The molecule has 1 aromatic heterocycles. The molecule has 23 heavy (non-hydrogen) atoms.